The van der Waals surface area contributed by atoms with Gasteiger partial charge >= 0.3 is 0 Å². The SMILES string of the molecule is Cc1cnc(Cl)c(N2CC(CBr)CC2=O)c1. The van der Waals surface area contributed by atoms with Crippen LogP contribution >= 0.6 is 27.5 Å². The van der Waals surface area contributed by atoms with Crippen LogP contribution < -0.4 is 4.90 Å². The molecular formula is C11H12BrClN2O. The fourth-order valence-corrected chi connectivity index (χ4v) is 2.48. The molecule has 0 N–H and O–H groups in total. The number of halogens is 2. The highest BCUT2D eigenvalue weighted by atomic mass is 79.9. The lowest BCUT2D eigenvalue weighted by molar-refractivity contribution is -0.117. The van der Waals surface area contributed by atoms with Crippen LogP contribution in [0.2, 0.25) is 5.15 Å². The maximum Gasteiger partial charge on any atom is 0.227 e. The maximum atomic E-state index is 11.8. The topological polar surface area (TPSA) is 33.2 Å². The molecule has 1 amide bonds. The van der Waals surface area contributed by atoms with Gasteiger partial charge in [0.2, 0.25) is 5.91 Å². The third kappa shape index (κ3) is 2.23. The molecule has 1 atom stereocenters. The van der Waals surface area contributed by atoms with Gasteiger partial charge in [-0.05, 0) is 24.5 Å². The van der Waals surface area contributed by atoms with Gasteiger partial charge in [-0.15, -0.1) is 0 Å². The molecule has 1 fully saturated rings. The van der Waals surface area contributed by atoms with E-state index >= 15 is 0 Å². The van der Waals surface area contributed by atoms with Crippen LogP contribution in [-0.2, 0) is 4.79 Å². The normalized spacial score (nSPS) is 20.6. The molecule has 0 spiro atoms. The number of amides is 1. The lowest BCUT2D eigenvalue weighted by Gasteiger charge is -2.17. The summed E-state index contributed by atoms with van der Waals surface area (Å²) in [4.78, 5) is 17.6. The van der Waals surface area contributed by atoms with E-state index in [1.54, 1.807) is 11.1 Å². The summed E-state index contributed by atoms with van der Waals surface area (Å²) in [5.74, 6) is 0.489. The van der Waals surface area contributed by atoms with Crippen molar-refractivity contribution in [2.75, 3.05) is 16.8 Å². The second-order valence-electron chi connectivity index (χ2n) is 4.05. The Labute approximate surface area is 108 Å². The van der Waals surface area contributed by atoms with Crippen molar-refractivity contribution in [3.05, 3.63) is 23.0 Å². The van der Waals surface area contributed by atoms with E-state index in [2.05, 4.69) is 20.9 Å². The molecule has 0 saturated carbocycles. The van der Waals surface area contributed by atoms with Gasteiger partial charge in [-0.1, -0.05) is 27.5 Å². The van der Waals surface area contributed by atoms with Gasteiger partial charge in [0.25, 0.3) is 0 Å². The van der Waals surface area contributed by atoms with Crippen molar-refractivity contribution in [1.82, 2.24) is 4.98 Å². The van der Waals surface area contributed by atoms with Crippen molar-refractivity contribution in [1.29, 1.82) is 0 Å². The highest BCUT2D eigenvalue weighted by Crippen LogP contribution is 2.30. The minimum atomic E-state index is 0.124. The van der Waals surface area contributed by atoms with Gasteiger partial charge in [-0.3, -0.25) is 4.79 Å². The summed E-state index contributed by atoms with van der Waals surface area (Å²) in [5.41, 5.74) is 1.74. The van der Waals surface area contributed by atoms with Gasteiger partial charge in [-0.25, -0.2) is 4.98 Å². The number of pyridine rings is 1. The molecule has 0 radical (unpaired) electrons. The Bertz CT molecular complexity index is 424. The molecule has 3 nitrogen and oxygen atoms in total. The molecule has 1 saturated heterocycles. The van der Waals surface area contributed by atoms with Crippen LogP contribution in [0.1, 0.15) is 12.0 Å². The highest BCUT2D eigenvalue weighted by molar-refractivity contribution is 9.09. The number of carbonyl (C=O) groups excluding carboxylic acids is 1. The summed E-state index contributed by atoms with van der Waals surface area (Å²) < 4.78 is 0. The Morgan fingerprint density at radius 1 is 1.69 bits per heavy atom. The average molecular weight is 304 g/mol. The molecule has 1 aliphatic rings. The summed E-state index contributed by atoms with van der Waals surface area (Å²) in [6.45, 7) is 2.66. The molecule has 1 unspecified atom stereocenters. The lowest BCUT2D eigenvalue weighted by atomic mass is 10.2. The number of hydrogen-bond donors (Lipinski definition) is 0. The minimum absolute atomic E-state index is 0.124. The van der Waals surface area contributed by atoms with E-state index in [0.717, 1.165) is 23.1 Å². The van der Waals surface area contributed by atoms with Gasteiger partial charge in [0, 0.05) is 24.5 Å². The van der Waals surface area contributed by atoms with Gasteiger partial charge in [0.1, 0.15) is 0 Å². The Kier molecular flexibility index (Phi) is 3.50. The predicted molar refractivity (Wildman–Crippen MR) is 68.2 cm³/mol. The van der Waals surface area contributed by atoms with Crippen molar-refractivity contribution < 1.29 is 4.79 Å². The molecule has 0 aromatic carbocycles. The monoisotopic (exact) mass is 302 g/mol. The first-order chi connectivity index (χ1) is 7.61. The zero-order chi connectivity index (χ0) is 11.7. The van der Waals surface area contributed by atoms with Crippen LogP contribution in [0.25, 0.3) is 0 Å². The molecule has 2 heterocycles. The number of hydrogen-bond acceptors (Lipinski definition) is 2. The third-order valence-corrected chi connectivity index (χ3v) is 3.88. The van der Waals surface area contributed by atoms with E-state index in [1.165, 1.54) is 0 Å². The van der Waals surface area contributed by atoms with E-state index in [1.807, 2.05) is 13.0 Å². The first kappa shape index (κ1) is 11.9. The summed E-state index contributed by atoms with van der Waals surface area (Å²) in [7, 11) is 0. The molecule has 5 heteroatoms. The summed E-state index contributed by atoms with van der Waals surface area (Å²) in [5, 5.41) is 1.24. The van der Waals surface area contributed by atoms with Crippen molar-refractivity contribution >= 4 is 39.1 Å². The standard InChI is InChI=1S/C11H12BrClN2O/c1-7-2-9(11(13)14-5-7)15-6-8(4-12)3-10(15)16/h2,5,8H,3-4,6H2,1H3. The van der Waals surface area contributed by atoms with Crippen LogP contribution in [0.5, 0.6) is 0 Å². The molecule has 0 bridgehead atoms. The molecule has 1 aliphatic heterocycles. The van der Waals surface area contributed by atoms with Crippen LogP contribution in [0.3, 0.4) is 0 Å². The molecule has 2 rings (SSSR count). The van der Waals surface area contributed by atoms with E-state index in [4.69, 9.17) is 11.6 Å². The number of alkyl halides is 1. The molecule has 0 aliphatic carbocycles. The Hall–Kier alpha value is -0.610. The van der Waals surface area contributed by atoms with Gasteiger partial charge in [0.05, 0.1) is 5.69 Å². The maximum absolute atomic E-state index is 11.8. The summed E-state index contributed by atoms with van der Waals surface area (Å²) >= 11 is 9.42. The van der Waals surface area contributed by atoms with Crippen molar-refractivity contribution in [2.45, 2.75) is 13.3 Å². The Morgan fingerprint density at radius 3 is 3.06 bits per heavy atom. The van der Waals surface area contributed by atoms with Crippen molar-refractivity contribution in [3.63, 3.8) is 0 Å². The molecule has 1 aromatic rings. The van der Waals surface area contributed by atoms with Crippen molar-refractivity contribution in [2.24, 2.45) is 5.92 Å². The summed E-state index contributed by atoms with van der Waals surface area (Å²) in [6, 6.07) is 1.91. The zero-order valence-corrected chi connectivity index (χ0v) is 11.3. The quantitative estimate of drug-likeness (QED) is 0.622. The van der Waals surface area contributed by atoms with E-state index in [9.17, 15) is 4.79 Å². The smallest absolute Gasteiger partial charge is 0.227 e. The lowest BCUT2D eigenvalue weighted by Crippen LogP contribution is -2.25. The van der Waals surface area contributed by atoms with Gasteiger partial charge in [-0.2, -0.15) is 0 Å². The van der Waals surface area contributed by atoms with E-state index in [-0.39, 0.29) is 5.91 Å². The molecule has 1 aromatic heterocycles. The number of aryl methyl sites for hydroxylation is 1. The second-order valence-corrected chi connectivity index (χ2v) is 5.06. The van der Waals surface area contributed by atoms with Crippen LogP contribution in [-0.4, -0.2) is 22.8 Å². The largest absolute Gasteiger partial charge is 0.309 e. The Morgan fingerprint density at radius 2 is 2.44 bits per heavy atom. The van der Waals surface area contributed by atoms with Gasteiger partial charge in [0.15, 0.2) is 5.15 Å². The van der Waals surface area contributed by atoms with Crippen LogP contribution in [0, 0.1) is 12.8 Å². The number of anilines is 1. The molecular weight excluding hydrogens is 291 g/mol. The summed E-state index contributed by atoms with van der Waals surface area (Å²) in [6.07, 6.45) is 2.28. The first-order valence-corrected chi connectivity index (χ1v) is 6.60. The Balaban J connectivity index is 2.30. The number of nitrogens with zero attached hydrogens (tertiary/aromatic N) is 2. The van der Waals surface area contributed by atoms with E-state index < -0.39 is 0 Å². The van der Waals surface area contributed by atoms with E-state index in [0.29, 0.717) is 17.5 Å². The first-order valence-electron chi connectivity index (χ1n) is 5.10. The van der Waals surface area contributed by atoms with Crippen molar-refractivity contribution in [3.8, 4) is 0 Å². The molecule has 86 valence electrons. The fourth-order valence-electron chi connectivity index (χ4n) is 1.84. The number of aromatic nitrogens is 1. The fraction of sp³-hybridized carbons (Fsp3) is 0.455. The zero-order valence-electron chi connectivity index (χ0n) is 8.91. The average Bonchev–Trinajstić information content (AvgIpc) is 2.63. The number of rotatable bonds is 2. The van der Waals surface area contributed by atoms with Crippen LogP contribution in [0.4, 0.5) is 5.69 Å². The minimum Gasteiger partial charge on any atom is -0.309 e. The van der Waals surface area contributed by atoms with Crippen LogP contribution in [0.15, 0.2) is 12.3 Å². The third-order valence-electron chi connectivity index (χ3n) is 2.67. The second kappa shape index (κ2) is 4.72. The predicted octanol–water partition coefficient (Wildman–Crippen LogP) is 2.79. The van der Waals surface area contributed by atoms with Gasteiger partial charge < -0.3 is 4.90 Å². The molecule has 16 heavy (non-hydrogen) atoms. The highest BCUT2D eigenvalue weighted by Gasteiger charge is 2.31. The number of carbonyl (C=O) groups is 1.